The van der Waals surface area contributed by atoms with Crippen LogP contribution in [0.3, 0.4) is 0 Å². The van der Waals surface area contributed by atoms with E-state index in [1.165, 1.54) is 37.7 Å². The zero-order valence-corrected chi connectivity index (χ0v) is 9.15. The fourth-order valence-corrected chi connectivity index (χ4v) is 2.66. The number of hydrogen-bond donors (Lipinski definition) is 1. The molecule has 2 aliphatic rings. The highest BCUT2D eigenvalue weighted by atomic mass is 15.0. The normalized spacial score (nSPS) is 30.7. The van der Waals surface area contributed by atoms with Crippen LogP contribution in [-0.4, -0.2) is 12.1 Å². The zero-order chi connectivity index (χ0) is 10.1. The SMILES string of the molecule is c1ccc(C2CC(NC3CCC3)C2)cc1. The van der Waals surface area contributed by atoms with Gasteiger partial charge in [-0.15, -0.1) is 0 Å². The summed E-state index contributed by atoms with van der Waals surface area (Å²) in [5, 5.41) is 3.75. The van der Waals surface area contributed by atoms with Crippen molar-refractivity contribution in [2.45, 2.75) is 50.1 Å². The second kappa shape index (κ2) is 3.97. The van der Waals surface area contributed by atoms with Gasteiger partial charge in [0.2, 0.25) is 0 Å². The Morgan fingerprint density at radius 3 is 2.27 bits per heavy atom. The molecule has 1 nitrogen and oxygen atoms in total. The molecule has 0 spiro atoms. The van der Waals surface area contributed by atoms with Crippen LogP contribution in [0.4, 0.5) is 0 Å². The topological polar surface area (TPSA) is 12.0 Å². The Morgan fingerprint density at radius 2 is 1.67 bits per heavy atom. The second-order valence-corrected chi connectivity index (χ2v) is 5.07. The van der Waals surface area contributed by atoms with Crippen LogP contribution in [0.1, 0.15) is 43.6 Å². The van der Waals surface area contributed by atoms with Gasteiger partial charge in [0, 0.05) is 12.1 Å². The van der Waals surface area contributed by atoms with E-state index in [1.54, 1.807) is 0 Å². The number of rotatable bonds is 3. The Morgan fingerprint density at radius 1 is 0.933 bits per heavy atom. The van der Waals surface area contributed by atoms with Crippen LogP contribution in [0.15, 0.2) is 30.3 Å². The Labute approximate surface area is 91.9 Å². The van der Waals surface area contributed by atoms with Crippen LogP contribution in [-0.2, 0) is 0 Å². The molecule has 0 radical (unpaired) electrons. The smallest absolute Gasteiger partial charge is 0.00813 e. The first-order chi connectivity index (χ1) is 7.42. The molecule has 0 heterocycles. The van der Waals surface area contributed by atoms with Gasteiger partial charge in [0.05, 0.1) is 0 Å². The molecule has 2 aliphatic carbocycles. The largest absolute Gasteiger partial charge is 0.311 e. The van der Waals surface area contributed by atoms with Gasteiger partial charge in [0.25, 0.3) is 0 Å². The first-order valence-electron chi connectivity index (χ1n) is 6.23. The van der Waals surface area contributed by atoms with Gasteiger partial charge in [0.15, 0.2) is 0 Å². The van der Waals surface area contributed by atoms with E-state index in [-0.39, 0.29) is 0 Å². The van der Waals surface area contributed by atoms with Crippen LogP contribution in [0.5, 0.6) is 0 Å². The van der Waals surface area contributed by atoms with Crippen LogP contribution in [0.2, 0.25) is 0 Å². The summed E-state index contributed by atoms with van der Waals surface area (Å²) in [4.78, 5) is 0. The lowest BCUT2D eigenvalue weighted by Crippen LogP contribution is -2.48. The Bertz CT molecular complexity index is 309. The Hall–Kier alpha value is -0.820. The summed E-state index contributed by atoms with van der Waals surface area (Å²) in [7, 11) is 0. The standard InChI is InChI=1S/C14H19N/c1-2-5-11(6-3-1)12-9-14(10-12)15-13-7-4-8-13/h1-3,5-6,12-15H,4,7-10H2. The molecule has 2 saturated carbocycles. The van der Waals surface area contributed by atoms with E-state index < -0.39 is 0 Å². The predicted molar refractivity (Wildman–Crippen MR) is 63.0 cm³/mol. The summed E-state index contributed by atoms with van der Waals surface area (Å²) in [6.07, 6.45) is 6.95. The molecule has 0 atom stereocenters. The van der Waals surface area contributed by atoms with Crippen molar-refractivity contribution >= 4 is 0 Å². The Kier molecular flexibility index (Phi) is 2.49. The van der Waals surface area contributed by atoms with Gasteiger partial charge < -0.3 is 5.32 Å². The fourth-order valence-electron chi connectivity index (χ4n) is 2.66. The molecule has 0 bridgehead atoms. The first-order valence-corrected chi connectivity index (χ1v) is 6.23. The molecule has 0 aliphatic heterocycles. The summed E-state index contributed by atoms with van der Waals surface area (Å²) >= 11 is 0. The van der Waals surface area contributed by atoms with Gasteiger partial charge in [0.1, 0.15) is 0 Å². The first kappa shape index (κ1) is 9.41. The second-order valence-electron chi connectivity index (χ2n) is 5.07. The average Bonchev–Trinajstić information content (AvgIpc) is 2.14. The molecule has 3 rings (SSSR count). The molecule has 1 aromatic rings. The molecular formula is C14H19N. The highest BCUT2D eigenvalue weighted by Crippen LogP contribution is 2.37. The molecule has 0 aromatic heterocycles. The van der Waals surface area contributed by atoms with E-state index in [0.29, 0.717) is 0 Å². The monoisotopic (exact) mass is 201 g/mol. The van der Waals surface area contributed by atoms with Crippen LogP contribution >= 0.6 is 0 Å². The third-order valence-corrected chi connectivity index (χ3v) is 3.99. The van der Waals surface area contributed by atoms with Crippen molar-refractivity contribution in [2.75, 3.05) is 0 Å². The lowest BCUT2D eigenvalue weighted by atomic mass is 9.75. The van der Waals surface area contributed by atoms with E-state index in [9.17, 15) is 0 Å². The minimum absolute atomic E-state index is 0.806. The summed E-state index contributed by atoms with van der Waals surface area (Å²) in [6.45, 7) is 0. The Balaban J connectivity index is 1.49. The molecule has 80 valence electrons. The van der Waals surface area contributed by atoms with Crippen molar-refractivity contribution in [3.8, 4) is 0 Å². The van der Waals surface area contributed by atoms with Crippen molar-refractivity contribution in [2.24, 2.45) is 0 Å². The number of hydrogen-bond acceptors (Lipinski definition) is 1. The molecule has 2 fully saturated rings. The molecule has 1 N–H and O–H groups in total. The van der Waals surface area contributed by atoms with Gasteiger partial charge in [-0.05, 0) is 37.2 Å². The van der Waals surface area contributed by atoms with E-state index in [2.05, 4.69) is 35.6 Å². The van der Waals surface area contributed by atoms with E-state index in [4.69, 9.17) is 0 Å². The minimum atomic E-state index is 0.806. The highest BCUT2D eigenvalue weighted by Gasteiger charge is 2.32. The minimum Gasteiger partial charge on any atom is -0.311 e. The fraction of sp³-hybridized carbons (Fsp3) is 0.571. The third-order valence-electron chi connectivity index (χ3n) is 3.99. The van der Waals surface area contributed by atoms with E-state index in [1.807, 2.05) is 0 Å². The van der Waals surface area contributed by atoms with Gasteiger partial charge in [-0.25, -0.2) is 0 Å². The maximum Gasteiger partial charge on any atom is 0.00813 e. The van der Waals surface area contributed by atoms with Gasteiger partial charge in [-0.1, -0.05) is 36.8 Å². The third kappa shape index (κ3) is 1.93. The maximum absolute atomic E-state index is 3.75. The summed E-state index contributed by atoms with van der Waals surface area (Å²) in [5.74, 6) is 0.823. The van der Waals surface area contributed by atoms with Gasteiger partial charge in [-0.2, -0.15) is 0 Å². The predicted octanol–water partition coefficient (Wildman–Crippen LogP) is 3.07. The highest BCUT2D eigenvalue weighted by molar-refractivity contribution is 5.22. The number of benzene rings is 1. The molecule has 1 aromatic carbocycles. The molecule has 0 amide bonds. The van der Waals surface area contributed by atoms with Crippen molar-refractivity contribution < 1.29 is 0 Å². The van der Waals surface area contributed by atoms with E-state index >= 15 is 0 Å². The van der Waals surface area contributed by atoms with Crippen molar-refractivity contribution in [3.05, 3.63) is 35.9 Å². The number of nitrogens with one attached hydrogen (secondary N) is 1. The molecule has 0 saturated heterocycles. The van der Waals surface area contributed by atoms with Crippen LogP contribution < -0.4 is 5.32 Å². The summed E-state index contributed by atoms with van der Waals surface area (Å²) < 4.78 is 0. The summed E-state index contributed by atoms with van der Waals surface area (Å²) in [5.41, 5.74) is 1.53. The lowest BCUT2D eigenvalue weighted by molar-refractivity contribution is 0.220. The van der Waals surface area contributed by atoms with Crippen LogP contribution in [0.25, 0.3) is 0 Å². The summed E-state index contributed by atoms with van der Waals surface area (Å²) in [6, 6.07) is 12.6. The van der Waals surface area contributed by atoms with Crippen molar-refractivity contribution in [3.63, 3.8) is 0 Å². The van der Waals surface area contributed by atoms with Gasteiger partial charge >= 0.3 is 0 Å². The van der Waals surface area contributed by atoms with Gasteiger partial charge in [-0.3, -0.25) is 0 Å². The lowest BCUT2D eigenvalue weighted by Gasteiger charge is -2.41. The molecule has 0 unspecified atom stereocenters. The molecule has 15 heavy (non-hydrogen) atoms. The van der Waals surface area contributed by atoms with E-state index in [0.717, 1.165) is 18.0 Å². The van der Waals surface area contributed by atoms with Crippen molar-refractivity contribution in [1.82, 2.24) is 5.32 Å². The average molecular weight is 201 g/mol. The van der Waals surface area contributed by atoms with Crippen molar-refractivity contribution in [1.29, 1.82) is 0 Å². The zero-order valence-electron chi connectivity index (χ0n) is 9.15. The maximum atomic E-state index is 3.75. The molecule has 1 heteroatoms. The molecular weight excluding hydrogens is 182 g/mol. The van der Waals surface area contributed by atoms with Crippen LogP contribution in [0, 0.1) is 0 Å². The quantitative estimate of drug-likeness (QED) is 0.792.